The number of H-pyrrole nitrogens is 1. The second-order valence-corrected chi connectivity index (χ2v) is 9.69. The number of nitrogens with zero attached hydrogens (tertiary/aromatic N) is 2. The molecular weight excluding hydrogens is 484 g/mol. The number of carbonyl (C=O) groups is 3. The molecule has 0 fully saturated rings. The van der Waals surface area contributed by atoms with Crippen LogP contribution in [0.1, 0.15) is 53.7 Å². The molecule has 0 saturated heterocycles. The minimum atomic E-state index is -1.40. The van der Waals surface area contributed by atoms with E-state index in [1.54, 1.807) is 18.9 Å². The summed E-state index contributed by atoms with van der Waals surface area (Å²) in [5, 5.41) is 19.9. The molecule has 202 valence electrons. The van der Waals surface area contributed by atoms with Gasteiger partial charge in [-0.3, -0.25) is 14.7 Å². The van der Waals surface area contributed by atoms with Crippen molar-refractivity contribution >= 4 is 17.8 Å². The van der Waals surface area contributed by atoms with Crippen LogP contribution < -0.4 is 5.32 Å². The molecule has 2 amide bonds. The lowest BCUT2D eigenvalue weighted by Crippen LogP contribution is -2.41. The van der Waals surface area contributed by atoms with E-state index in [-0.39, 0.29) is 30.3 Å². The molecule has 9 nitrogen and oxygen atoms in total. The van der Waals surface area contributed by atoms with Crippen molar-refractivity contribution < 1.29 is 24.2 Å². The van der Waals surface area contributed by atoms with Crippen molar-refractivity contribution in [1.82, 2.24) is 20.4 Å². The third-order valence-electron chi connectivity index (χ3n) is 5.97. The van der Waals surface area contributed by atoms with Crippen molar-refractivity contribution in [3.05, 3.63) is 77.6 Å². The van der Waals surface area contributed by atoms with Crippen LogP contribution in [-0.4, -0.2) is 70.3 Å². The summed E-state index contributed by atoms with van der Waals surface area (Å²) < 4.78 is 4.93. The molecule has 3 rings (SSSR count). The summed E-state index contributed by atoms with van der Waals surface area (Å²) >= 11 is 0. The summed E-state index contributed by atoms with van der Waals surface area (Å²) in [6.07, 6.45) is -1.08. The fraction of sp³-hybridized carbons (Fsp3) is 0.379. The number of benzene rings is 2. The van der Waals surface area contributed by atoms with Gasteiger partial charge in [0.15, 0.2) is 11.8 Å². The van der Waals surface area contributed by atoms with Crippen molar-refractivity contribution in [2.75, 3.05) is 20.2 Å². The normalized spacial score (nSPS) is 12.6. The van der Waals surface area contributed by atoms with Gasteiger partial charge in [0.1, 0.15) is 5.69 Å². The second-order valence-electron chi connectivity index (χ2n) is 9.69. The van der Waals surface area contributed by atoms with Crippen LogP contribution in [0.25, 0.3) is 11.1 Å². The number of rotatable bonds is 12. The minimum absolute atomic E-state index is 0.0429. The summed E-state index contributed by atoms with van der Waals surface area (Å²) in [4.78, 5) is 39.3. The largest absolute Gasteiger partial charge is 0.464 e. The highest BCUT2D eigenvalue weighted by Gasteiger charge is 2.25. The molecule has 0 aliphatic heterocycles. The van der Waals surface area contributed by atoms with Crippen molar-refractivity contribution in [3.63, 3.8) is 0 Å². The Kier molecular flexibility index (Phi) is 10.2. The molecule has 2 atom stereocenters. The number of nitrogens with one attached hydrogen (secondary N) is 2. The molecule has 0 bridgehead atoms. The minimum Gasteiger partial charge on any atom is -0.464 e. The number of amides is 2. The third kappa shape index (κ3) is 8.01. The highest BCUT2D eigenvalue weighted by atomic mass is 16.5. The van der Waals surface area contributed by atoms with Crippen LogP contribution in [0.4, 0.5) is 0 Å². The van der Waals surface area contributed by atoms with Gasteiger partial charge in [-0.25, -0.2) is 4.79 Å². The van der Waals surface area contributed by atoms with Gasteiger partial charge in [-0.1, -0.05) is 68.4 Å². The van der Waals surface area contributed by atoms with Crippen LogP contribution in [0.2, 0.25) is 0 Å². The molecule has 0 spiro atoms. The zero-order valence-electron chi connectivity index (χ0n) is 22.3. The van der Waals surface area contributed by atoms with Gasteiger partial charge in [0, 0.05) is 32.1 Å². The van der Waals surface area contributed by atoms with Gasteiger partial charge < -0.3 is 20.1 Å². The SMILES string of the molecule is CCOC(=O)C(O)CC(Cc1ccc(-c2ccccc2)cc1)NC(=O)c1cc(C(=O)N(C)CC(C)C)[nH]n1. The lowest BCUT2D eigenvalue weighted by Gasteiger charge is -2.21. The van der Waals surface area contributed by atoms with E-state index in [4.69, 9.17) is 4.74 Å². The number of carbonyl (C=O) groups excluding carboxylic acids is 3. The maximum atomic E-state index is 13.0. The van der Waals surface area contributed by atoms with Crippen LogP contribution in [0.3, 0.4) is 0 Å². The van der Waals surface area contributed by atoms with Crippen molar-refractivity contribution in [2.45, 2.75) is 45.8 Å². The molecule has 3 aromatic rings. The van der Waals surface area contributed by atoms with Gasteiger partial charge in [-0.05, 0) is 36.0 Å². The van der Waals surface area contributed by atoms with E-state index in [1.807, 2.05) is 68.4 Å². The zero-order chi connectivity index (χ0) is 27.7. The van der Waals surface area contributed by atoms with E-state index in [0.29, 0.717) is 18.9 Å². The van der Waals surface area contributed by atoms with Crippen molar-refractivity contribution in [1.29, 1.82) is 0 Å². The molecule has 0 aliphatic rings. The van der Waals surface area contributed by atoms with Gasteiger partial charge in [0.2, 0.25) is 0 Å². The molecule has 0 aliphatic carbocycles. The predicted molar refractivity (Wildman–Crippen MR) is 144 cm³/mol. The molecule has 3 N–H and O–H groups in total. The monoisotopic (exact) mass is 520 g/mol. The molecule has 0 saturated carbocycles. The summed E-state index contributed by atoms with van der Waals surface area (Å²) in [5.74, 6) is -1.23. The maximum Gasteiger partial charge on any atom is 0.335 e. The first-order valence-corrected chi connectivity index (χ1v) is 12.8. The predicted octanol–water partition coefficient (Wildman–Crippen LogP) is 3.46. The Morgan fingerprint density at radius 2 is 1.71 bits per heavy atom. The lowest BCUT2D eigenvalue weighted by molar-refractivity contribution is -0.153. The number of aliphatic hydroxyl groups excluding tert-OH is 1. The van der Waals surface area contributed by atoms with Gasteiger partial charge in [0.25, 0.3) is 11.8 Å². The van der Waals surface area contributed by atoms with E-state index in [0.717, 1.165) is 16.7 Å². The van der Waals surface area contributed by atoms with E-state index in [1.165, 1.54) is 6.07 Å². The van der Waals surface area contributed by atoms with Crippen molar-refractivity contribution in [3.8, 4) is 11.1 Å². The first kappa shape index (κ1) is 28.6. The van der Waals surface area contributed by atoms with E-state index < -0.39 is 24.0 Å². The topological polar surface area (TPSA) is 125 Å². The number of aromatic nitrogens is 2. The van der Waals surface area contributed by atoms with Gasteiger partial charge in [0.05, 0.1) is 6.61 Å². The average molecular weight is 521 g/mol. The summed E-state index contributed by atoms with van der Waals surface area (Å²) in [7, 11) is 1.69. The first-order valence-electron chi connectivity index (χ1n) is 12.8. The summed E-state index contributed by atoms with van der Waals surface area (Å²) in [6.45, 7) is 6.39. The molecule has 2 aromatic carbocycles. The van der Waals surface area contributed by atoms with Gasteiger partial charge in [-0.2, -0.15) is 5.10 Å². The smallest absolute Gasteiger partial charge is 0.335 e. The van der Waals surface area contributed by atoms with E-state index >= 15 is 0 Å². The van der Waals surface area contributed by atoms with Crippen LogP contribution >= 0.6 is 0 Å². The van der Waals surface area contributed by atoms with Crippen molar-refractivity contribution in [2.24, 2.45) is 5.92 Å². The second kappa shape index (κ2) is 13.5. The maximum absolute atomic E-state index is 13.0. The standard InChI is InChI=1S/C29H36N4O5/c1-5-38-29(37)26(34)16-23(15-20-11-13-22(14-12-20)21-9-7-6-8-10-21)30-27(35)24-17-25(32-31-24)28(36)33(4)18-19(2)3/h6-14,17,19,23,26,34H,5,15-16,18H2,1-4H3,(H,30,35)(H,31,32). The highest BCUT2D eigenvalue weighted by molar-refractivity contribution is 5.97. The van der Waals surface area contributed by atoms with Crippen LogP contribution in [-0.2, 0) is 16.0 Å². The van der Waals surface area contributed by atoms with Crippen LogP contribution in [0, 0.1) is 5.92 Å². The number of aromatic amines is 1. The molecule has 1 heterocycles. The average Bonchev–Trinajstić information content (AvgIpc) is 3.39. The Morgan fingerprint density at radius 3 is 2.34 bits per heavy atom. The number of aliphatic hydroxyl groups is 1. The van der Waals surface area contributed by atoms with Crippen LogP contribution in [0.15, 0.2) is 60.7 Å². The lowest BCUT2D eigenvalue weighted by atomic mass is 9.97. The number of hydrogen-bond acceptors (Lipinski definition) is 6. The molecular formula is C29H36N4O5. The molecule has 9 heteroatoms. The Bertz CT molecular complexity index is 1210. The van der Waals surface area contributed by atoms with Gasteiger partial charge >= 0.3 is 5.97 Å². The Morgan fingerprint density at radius 1 is 1.05 bits per heavy atom. The Labute approximate surface area is 223 Å². The fourth-order valence-corrected chi connectivity index (χ4v) is 4.19. The fourth-order valence-electron chi connectivity index (χ4n) is 4.19. The van der Waals surface area contributed by atoms with Gasteiger partial charge in [-0.15, -0.1) is 0 Å². The Hall–Kier alpha value is -3.98. The summed E-state index contributed by atoms with van der Waals surface area (Å²) in [5.41, 5.74) is 3.31. The van der Waals surface area contributed by atoms with Crippen LogP contribution in [0.5, 0.6) is 0 Å². The molecule has 38 heavy (non-hydrogen) atoms. The molecule has 0 radical (unpaired) electrons. The highest BCUT2D eigenvalue weighted by Crippen LogP contribution is 2.20. The van der Waals surface area contributed by atoms with E-state index in [2.05, 4.69) is 15.5 Å². The molecule has 1 aromatic heterocycles. The molecule has 2 unspecified atom stereocenters. The Balaban J connectivity index is 1.73. The van der Waals surface area contributed by atoms with E-state index in [9.17, 15) is 19.5 Å². The number of esters is 1. The first-order chi connectivity index (χ1) is 18.2. The zero-order valence-corrected chi connectivity index (χ0v) is 22.3. The number of hydrogen-bond donors (Lipinski definition) is 3. The quantitative estimate of drug-likeness (QED) is 0.314. The third-order valence-corrected chi connectivity index (χ3v) is 5.97. The number of ether oxygens (including phenoxy) is 1. The summed E-state index contributed by atoms with van der Waals surface area (Å²) in [6, 6.07) is 18.7.